The normalized spacial score (nSPS) is 11.2. The fraction of sp³-hybridized carbons (Fsp3) is 0.0800. The molecule has 0 aliphatic rings. The summed E-state index contributed by atoms with van der Waals surface area (Å²) in [6.45, 7) is 0. The maximum Gasteiger partial charge on any atom is 0.297 e. The van der Waals surface area contributed by atoms with Gasteiger partial charge in [-0.1, -0.05) is 72.8 Å². The van der Waals surface area contributed by atoms with Crippen molar-refractivity contribution < 1.29 is 9.52 Å². The van der Waals surface area contributed by atoms with Crippen molar-refractivity contribution in [3.05, 3.63) is 106 Å². The van der Waals surface area contributed by atoms with Crippen molar-refractivity contribution in [3.8, 4) is 17.3 Å². The Morgan fingerprint density at radius 2 is 1.47 bits per heavy atom. The second kappa shape index (κ2) is 8.03. The number of aromatic hydroxyl groups is 1. The second-order valence-corrected chi connectivity index (χ2v) is 7.38. The molecule has 0 spiro atoms. The van der Waals surface area contributed by atoms with Gasteiger partial charge in [0, 0.05) is 7.05 Å². The molecule has 158 valence electrons. The molecule has 0 saturated heterocycles. The first kappa shape index (κ1) is 19.6. The van der Waals surface area contributed by atoms with Crippen LogP contribution in [-0.4, -0.2) is 19.6 Å². The third kappa shape index (κ3) is 3.50. The van der Waals surface area contributed by atoms with E-state index in [4.69, 9.17) is 4.42 Å². The Bertz CT molecular complexity index is 1370. The van der Waals surface area contributed by atoms with Crippen LogP contribution in [0.3, 0.4) is 0 Å². The maximum absolute atomic E-state index is 12.8. The maximum atomic E-state index is 12.8. The number of para-hydroxylation sites is 2. The molecule has 0 unspecified atom stereocenters. The summed E-state index contributed by atoms with van der Waals surface area (Å²) in [7, 11) is 1.56. The third-order valence-corrected chi connectivity index (χ3v) is 5.30. The van der Waals surface area contributed by atoms with Crippen LogP contribution in [0.4, 0.5) is 5.95 Å². The van der Waals surface area contributed by atoms with Crippen LogP contribution >= 0.6 is 0 Å². The van der Waals surface area contributed by atoms with Gasteiger partial charge >= 0.3 is 0 Å². The van der Waals surface area contributed by atoms with Crippen LogP contribution in [0.25, 0.3) is 22.7 Å². The number of hydrogen-bond acceptors (Lipinski definition) is 6. The van der Waals surface area contributed by atoms with Gasteiger partial charge in [0.25, 0.3) is 11.4 Å². The fourth-order valence-electron chi connectivity index (χ4n) is 3.62. The molecule has 0 amide bonds. The summed E-state index contributed by atoms with van der Waals surface area (Å²) in [4.78, 5) is 21.7. The van der Waals surface area contributed by atoms with E-state index in [0.29, 0.717) is 11.1 Å². The topological polar surface area (TPSA) is 93.2 Å². The summed E-state index contributed by atoms with van der Waals surface area (Å²) < 4.78 is 7.03. The molecule has 0 aliphatic carbocycles. The number of aromatic nitrogens is 3. The van der Waals surface area contributed by atoms with Crippen molar-refractivity contribution in [3.63, 3.8) is 0 Å². The number of oxazole rings is 1. The Kier molecular flexibility index (Phi) is 4.91. The first-order chi connectivity index (χ1) is 15.6. The quantitative estimate of drug-likeness (QED) is 0.432. The average molecular weight is 424 g/mol. The highest BCUT2D eigenvalue weighted by atomic mass is 16.4. The predicted molar refractivity (Wildman–Crippen MR) is 122 cm³/mol. The van der Waals surface area contributed by atoms with Crippen LogP contribution in [0.15, 0.2) is 94.1 Å². The predicted octanol–water partition coefficient (Wildman–Crippen LogP) is 4.50. The minimum Gasteiger partial charge on any atom is -0.501 e. The Morgan fingerprint density at radius 1 is 0.875 bits per heavy atom. The van der Waals surface area contributed by atoms with E-state index in [0.717, 1.165) is 11.1 Å². The Hall–Kier alpha value is -4.39. The molecule has 2 aromatic heterocycles. The zero-order valence-electron chi connectivity index (χ0n) is 17.3. The lowest BCUT2D eigenvalue weighted by molar-refractivity contribution is 0.456. The van der Waals surface area contributed by atoms with E-state index in [1.54, 1.807) is 19.2 Å². The van der Waals surface area contributed by atoms with E-state index in [2.05, 4.69) is 15.3 Å². The van der Waals surface area contributed by atoms with Gasteiger partial charge in [0.1, 0.15) is 5.52 Å². The number of fused-ring (bicyclic) bond motifs is 1. The molecule has 0 fully saturated rings. The molecule has 2 N–H and O–H groups in total. The third-order valence-electron chi connectivity index (χ3n) is 5.30. The molecule has 0 radical (unpaired) electrons. The van der Waals surface area contributed by atoms with Crippen molar-refractivity contribution >= 4 is 17.0 Å². The Morgan fingerprint density at radius 3 is 2.09 bits per heavy atom. The van der Waals surface area contributed by atoms with Crippen LogP contribution < -0.4 is 10.9 Å². The molecular weight excluding hydrogens is 404 g/mol. The van der Waals surface area contributed by atoms with Gasteiger partial charge in [-0.15, -0.1) is 0 Å². The van der Waals surface area contributed by atoms with Gasteiger partial charge in [-0.3, -0.25) is 9.36 Å². The molecule has 5 aromatic rings. The summed E-state index contributed by atoms with van der Waals surface area (Å²) in [6, 6.07) is 26.7. The van der Waals surface area contributed by atoms with Crippen LogP contribution in [0.1, 0.15) is 17.2 Å². The summed E-state index contributed by atoms with van der Waals surface area (Å²) in [5.74, 6) is -0.149. The van der Waals surface area contributed by atoms with Gasteiger partial charge in [-0.05, 0) is 23.3 Å². The molecule has 7 heteroatoms. The summed E-state index contributed by atoms with van der Waals surface area (Å²) in [6.07, 6.45) is 0. The second-order valence-electron chi connectivity index (χ2n) is 7.38. The number of rotatable bonds is 5. The molecule has 0 atom stereocenters. The van der Waals surface area contributed by atoms with Gasteiger partial charge in [0.05, 0.1) is 6.04 Å². The molecule has 3 aromatic carbocycles. The van der Waals surface area contributed by atoms with Crippen LogP contribution in [0.5, 0.6) is 5.75 Å². The van der Waals surface area contributed by atoms with E-state index in [-0.39, 0.29) is 23.6 Å². The van der Waals surface area contributed by atoms with Gasteiger partial charge in [-0.2, -0.15) is 0 Å². The van der Waals surface area contributed by atoms with E-state index >= 15 is 0 Å². The van der Waals surface area contributed by atoms with E-state index in [1.165, 1.54) is 4.57 Å². The van der Waals surface area contributed by atoms with Crippen molar-refractivity contribution in [1.82, 2.24) is 14.5 Å². The van der Waals surface area contributed by atoms with Crippen molar-refractivity contribution in [2.45, 2.75) is 6.04 Å². The summed E-state index contributed by atoms with van der Waals surface area (Å²) >= 11 is 0. The molecule has 32 heavy (non-hydrogen) atoms. The van der Waals surface area contributed by atoms with Gasteiger partial charge in [0.15, 0.2) is 11.3 Å². The average Bonchev–Trinajstić information content (AvgIpc) is 3.27. The monoisotopic (exact) mass is 424 g/mol. The highest BCUT2D eigenvalue weighted by Crippen LogP contribution is 2.30. The first-order valence-corrected chi connectivity index (χ1v) is 10.1. The van der Waals surface area contributed by atoms with Gasteiger partial charge in [0.2, 0.25) is 11.7 Å². The number of benzene rings is 3. The van der Waals surface area contributed by atoms with Crippen LogP contribution in [0, 0.1) is 0 Å². The molecule has 0 bridgehead atoms. The van der Waals surface area contributed by atoms with Crippen molar-refractivity contribution in [2.24, 2.45) is 7.05 Å². The molecule has 7 nitrogen and oxygen atoms in total. The minimum absolute atomic E-state index is 0.00771. The molecule has 2 heterocycles. The zero-order chi connectivity index (χ0) is 22.1. The lowest BCUT2D eigenvalue weighted by atomic mass is 9.99. The number of anilines is 1. The fourth-order valence-corrected chi connectivity index (χ4v) is 3.62. The SMILES string of the molecule is Cn1c(NC(c2ccccc2)c2ccccc2)nc(-c2nc3ccccc3o2)c(O)c1=O. The highest BCUT2D eigenvalue weighted by Gasteiger charge is 2.22. The van der Waals surface area contributed by atoms with E-state index in [9.17, 15) is 9.90 Å². The number of nitrogens with zero attached hydrogens (tertiary/aromatic N) is 3. The van der Waals surface area contributed by atoms with Gasteiger partial charge < -0.3 is 14.8 Å². The number of hydrogen-bond donors (Lipinski definition) is 2. The lowest BCUT2D eigenvalue weighted by Crippen LogP contribution is -2.25. The molecule has 0 saturated carbocycles. The van der Waals surface area contributed by atoms with Crippen LogP contribution in [0.2, 0.25) is 0 Å². The van der Waals surface area contributed by atoms with Gasteiger partial charge in [-0.25, -0.2) is 9.97 Å². The van der Waals surface area contributed by atoms with E-state index in [1.807, 2.05) is 72.8 Å². The largest absolute Gasteiger partial charge is 0.501 e. The number of nitrogens with one attached hydrogen (secondary N) is 1. The molecule has 0 aliphatic heterocycles. The first-order valence-electron chi connectivity index (χ1n) is 10.1. The standard InChI is InChI=1S/C25H20N4O3/c1-29-24(31)22(30)21(23-26-18-14-8-9-15-19(18)32-23)28-25(29)27-20(16-10-4-2-5-11-16)17-12-6-3-7-13-17/h2-15,20,30H,1H3,(H,27,28). The van der Waals surface area contributed by atoms with E-state index < -0.39 is 11.3 Å². The molecule has 5 rings (SSSR count). The Labute approximate surface area is 183 Å². The van der Waals surface area contributed by atoms with Crippen molar-refractivity contribution in [2.75, 3.05) is 5.32 Å². The Balaban J connectivity index is 1.63. The van der Waals surface area contributed by atoms with Crippen molar-refractivity contribution in [1.29, 1.82) is 0 Å². The summed E-state index contributed by atoms with van der Waals surface area (Å²) in [5.41, 5.74) is 2.57. The smallest absolute Gasteiger partial charge is 0.297 e. The highest BCUT2D eigenvalue weighted by molar-refractivity contribution is 5.76. The minimum atomic E-state index is -0.598. The summed E-state index contributed by atoms with van der Waals surface area (Å²) in [5, 5.41) is 13.9. The lowest BCUT2D eigenvalue weighted by Gasteiger charge is -2.22. The zero-order valence-corrected chi connectivity index (χ0v) is 17.3. The molecular formula is C25H20N4O3. The van der Waals surface area contributed by atoms with Crippen LogP contribution in [-0.2, 0) is 7.05 Å².